The molecule has 0 heterocycles. The molecule has 0 saturated carbocycles. The van der Waals surface area contributed by atoms with E-state index in [0.29, 0.717) is 29.8 Å². The molecule has 0 aromatic heterocycles. The minimum Gasteiger partial charge on any atom is -0.496 e. The molecular formula is C18H21NO2. The van der Waals surface area contributed by atoms with Crippen molar-refractivity contribution in [3.63, 3.8) is 0 Å². The van der Waals surface area contributed by atoms with Crippen LogP contribution in [0.4, 0.5) is 0 Å². The van der Waals surface area contributed by atoms with Crippen molar-refractivity contribution in [3.8, 4) is 5.75 Å². The number of ether oxygens (including phenoxy) is 1. The molecule has 2 aromatic carbocycles. The highest BCUT2D eigenvalue weighted by Crippen LogP contribution is 2.28. The molecule has 0 unspecified atom stereocenters. The average molecular weight is 283 g/mol. The van der Waals surface area contributed by atoms with Gasteiger partial charge in [-0.1, -0.05) is 30.3 Å². The lowest BCUT2D eigenvalue weighted by Gasteiger charge is -2.14. The van der Waals surface area contributed by atoms with E-state index in [-0.39, 0.29) is 5.78 Å². The van der Waals surface area contributed by atoms with Crippen molar-refractivity contribution in [1.29, 1.82) is 0 Å². The number of hydrogen-bond donors (Lipinski definition) is 1. The van der Waals surface area contributed by atoms with E-state index in [1.165, 1.54) is 0 Å². The van der Waals surface area contributed by atoms with Gasteiger partial charge in [0.1, 0.15) is 5.75 Å². The molecular weight excluding hydrogens is 262 g/mol. The normalized spacial score (nSPS) is 10.5. The van der Waals surface area contributed by atoms with E-state index < -0.39 is 0 Å². The predicted octanol–water partition coefficient (Wildman–Crippen LogP) is 3.04. The molecule has 110 valence electrons. The van der Waals surface area contributed by atoms with Gasteiger partial charge in [-0.05, 0) is 49.6 Å². The fourth-order valence-corrected chi connectivity index (χ4v) is 2.63. The van der Waals surface area contributed by atoms with Crippen molar-refractivity contribution in [2.24, 2.45) is 5.73 Å². The quantitative estimate of drug-likeness (QED) is 0.858. The second-order valence-electron chi connectivity index (χ2n) is 5.18. The molecule has 0 aliphatic carbocycles. The first kappa shape index (κ1) is 15.3. The molecule has 0 bridgehead atoms. The number of methoxy groups -OCH3 is 1. The third-order valence-electron chi connectivity index (χ3n) is 3.57. The summed E-state index contributed by atoms with van der Waals surface area (Å²) in [4.78, 5) is 12.9. The number of carbonyl (C=O) groups excluding carboxylic acids is 1. The van der Waals surface area contributed by atoms with Gasteiger partial charge in [0, 0.05) is 5.56 Å². The summed E-state index contributed by atoms with van der Waals surface area (Å²) in [6.07, 6.45) is 0.690. The molecule has 0 atom stereocenters. The van der Waals surface area contributed by atoms with Crippen molar-refractivity contribution in [3.05, 3.63) is 64.2 Å². The van der Waals surface area contributed by atoms with E-state index in [1.807, 2.05) is 50.2 Å². The highest BCUT2D eigenvalue weighted by atomic mass is 16.5. The summed E-state index contributed by atoms with van der Waals surface area (Å²) in [6.45, 7) is 4.45. The Balaban J connectivity index is 2.55. The van der Waals surface area contributed by atoms with Gasteiger partial charge in [-0.15, -0.1) is 0 Å². The molecule has 3 heteroatoms. The second-order valence-corrected chi connectivity index (χ2v) is 5.18. The standard InChI is InChI=1S/C18H21NO2/c1-12-10-13(2)17(16(11-12)21-3)18(20)15-7-5-4-6-14(15)8-9-19/h4-7,10-11H,8-9,19H2,1-3H3. The van der Waals surface area contributed by atoms with E-state index >= 15 is 0 Å². The first-order valence-corrected chi connectivity index (χ1v) is 7.06. The first-order valence-electron chi connectivity index (χ1n) is 7.06. The van der Waals surface area contributed by atoms with E-state index in [9.17, 15) is 4.79 Å². The van der Waals surface area contributed by atoms with Gasteiger partial charge in [0.2, 0.25) is 0 Å². The molecule has 0 saturated heterocycles. The maximum atomic E-state index is 12.9. The van der Waals surface area contributed by atoms with Crippen molar-refractivity contribution in [1.82, 2.24) is 0 Å². The van der Waals surface area contributed by atoms with Crippen LogP contribution in [0.3, 0.4) is 0 Å². The minimum atomic E-state index is -0.00611. The molecule has 3 nitrogen and oxygen atoms in total. The number of aryl methyl sites for hydroxylation is 2. The van der Waals surface area contributed by atoms with Crippen LogP contribution in [0.15, 0.2) is 36.4 Å². The topological polar surface area (TPSA) is 52.3 Å². The van der Waals surface area contributed by atoms with Crippen molar-refractivity contribution < 1.29 is 9.53 Å². The van der Waals surface area contributed by atoms with Crippen LogP contribution in [0, 0.1) is 13.8 Å². The van der Waals surface area contributed by atoms with Crippen molar-refractivity contribution in [2.75, 3.05) is 13.7 Å². The second kappa shape index (κ2) is 6.55. The third kappa shape index (κ3) is 3.14. The lowest BCUT2D eigenvalue weighted by Crippen LogP contribution is -2.12. The predicted molar refractivity (Wildman–Crippen MR) is 85.1 cm³/mol. The van der Waals surface area contributed by atoms with Gasteiger partial charge >= 0.3 is 0 Å². The van der Waals surface area contributed by atoms with Gasteiger partial charge in [-0.3, -0.25) is 4.79 Å². The van der Waals surface area contributed by atoms with Gasteiger partial charge < -0.3 is 10.5 Å². The van der Waals surface area contributed by atoms with Crippen LogP contribution in [0.2, 0.25) is 0 Å². The van der Waals surface area contributed by atoms with Crippen LogP contribution in [0.25, 0.3) is 0 Å². The molecule has 0 fully saturated rings. The van der Waals surface area contributed by atoms with E-state index in [0.717, 1.165) is 16.7 Å². The Hall–Kier alpha value is -2.13. The summed E-state index contributed by atoms with van der Waals surface area (Å²) in [7, 11) is 1.59. The average Bonchev–Trinajstić information content (AvgIpc) is 2.46. The van der Waals surface area contributed by atoms with Crippen LogP contribution in [0.5, 0.6) is 5.75 Å². The molecule has 2 aromatic rings. The number of benzene rings is 2. The summed E-state index contributed by atoms with van der Waals surface area (Å²) >= 11 is 0. The van der Waals surface area contributed by atoms with Gasteiger partial charge in [-0.2, -0.15) is 0 Å². The fraction of sp³-hybridized carbons (Fsp3) is 0.278. The van der Waals surface area contributed by atoms with Gasteiger partial charge in [0.15, 0.2) is 5.78 Å². The van der Waals surface area contributed by atoms with E-state index in [4.69, 9.17) is 10.5 Å². The van der Waals surface area contributed by atoms with Gasteiger partial charge in [-0.25, -0.2) is 0 Å². The maximum Gasteiger partial charge on any atom is 0.197 e. The Morgan fingerprint density at radius 1 is 1.19 bits per heavy atom. The smallest absolute Gasteiger partial charge is 0.197 e. The third-order valence-corrected chi connectivity index (χ3v) is 3.57. The molecule has 2 rings (SSSR count). The summed E-state index contributed by atoms with van der Waals surface area (Å²) < 4.78 is 5.40. The molecule has 0 amide bonds. The Kier molecular flexibility index (Phi) is 4.76. The number of rotatable bonds is 5. The maximum absolute atomic E-state index is 12.9. The molecule has 0 spiro atoms. The zero-order valence-electron chi connectivity index (χ0n) is 12.8. The Morgan fingerprint density at radius 3 is 2.57 bits per heavy atom. The summed E-state index contributed by atoms with van der Waals surface area (Å²) in [5.41, 5.74) is 9.96. The lowest BCUT2D eigenvalue weighted by molar-refractivity contribution is 0.103. The van der Waals surface area contributed by atoms with Crippen LogP contribution in [0.1, 0.15) is 32.6 Å². The monoisotopic (exact) mass is 283 g/mol. The molecule has 0 radical (unpaired) electrons. The van der Waals surface area contributed by atoms with Crippen LogP contribution in [-0.4, -0.2) is 19.4 Å². The van der Waals surface area contributed by atoms with Crippen LogP contribution < -0.4 is 10.5 Å². The molecule has 21 heavy (non-hydrogen) atoms. The Bertz CT molecular complexity index is 662. The number of nitrogens with two attached hydrogens (primary N) is 1. The van der Waals surface area contributed by atoms with Crippen LogP contribution in [-0.2, 0) is 6.42 Å². The number of hydrogen-bond acceptors (Lipinski definition) is 3. The summed E-state index contributed by atoms with van der Waals surface area (Å²) in [6, 6.07) is 11.5. The molecule has 0 aliphatic heterocycles. The Labute approximate surface area is 125 Å². The van der Waals surface area contributed by atoms with Crippen molar-refractivity contribution in [2.45, 2.75) is 20.3 Å². The first-order chi connectivity index (χ1) is 10.1. The highest BCUT2D eigenvalue weighted by Gasteiger charge is 2.19. The van der Waals surface area contributed by atoms with E-state index in [2.05, 4.69) is 0 Å². The SMILES string of the molecule is COc1cc(C)cc(C)c1C(=O)c1ccccc1CCN. The van der Waals surface area contributed by atoms with Gasteiger partial charge in [0.05, 0.1) is 12.7 Å². The highest BCUT2D eigenvalue weighted by molar-refractivity contribution is 6.12. The number of ketones is 1. The zero-order valence-corrected chi connectivity index (χ0v) is 12.8. The Morgan fingerprint density at radius 2 is 1.90 bits per heavy atom. The largest absolute Gasteiger partial charge is 0.496 e. The zero-order chi connectivity index (χ0) is 15.4. The fourth-order valence-electron chi connectivity index (χ4n) is 2.63. The van der Waals surface area contributed by atoms with E-state index in [1.54, 1.807) is 7.11 Å². The van der Waals surface area contributed by atoms with Gasteiger partial charge in [0.25, 0.3) is 0 Å². The minimum absolute atomic E-state index is 0.00611. The lowest BCUT2D eigenvalue weighted by atomic mass is 9.92. The van der Waals surface area contributed by atoms with Crippen LogP contribution >= 0.6 is 0 Å². The molecule has 0 aliphatic rings. The molecule has 2 N–H and O–H groups in total. The summed E-state index contributed by atoms with van der Waals surface area (Å²) in [5.74, 6) is 0.619. The number of carbonyl (C=O) groups is 1. The summed E-state index contributed by atoms with van der Waals surface area (Å²) in [5, 5.41) is 0. The van der Waals surface area contributed by atoms with Crippen molar-refractivity contribution >= 4 is 5.78 Å².